The summed E-state index contributed by atoms with van der Waals surface area (Å²) in [4.78, 5) is 35.0. The van der Waals surface area contributed by atoms with E-state index < -0.39 is 17.8 Å². The highest BCUT2D eigenvalue weighted by Crippen LogP contribution is 2.12. The number of carbonyl (C=O) groups is 3. The molecule has 2 rings (SSSR count). The Kier molecular flexibility index (Phi) is 7.77. The van der Waals surface area contributed by atoms with Crippen molar-refractivity contribution >= 4 is 23.9 Å². The third-order valence-electron chi connectivity index (χ3n) is 3.57. The largest absolute Gasteiger partial charge is 0.484 e. The Labute approximate surface area is 163 Å². The van der Waals surface area contributed by atoms with Crippen LogP contribution in [0.4, 0.5) is 0 Å². The molecule has 0 aliphatic heterocycles. The molecule has 28 heavy (non-hydrogen) atoms. The molecule has 2 aromatic rings. The molecule has 2 aromatic carbocycles. The van der Waals surface area contributed by atoms with Crippen molar-refractivity contribution in [1.82, 2.24) is 10.9 Å². The molecule has 0 heterocycles. The topological polar surface area (TPSA) is 93.7 Å². The van der Waals surface area contributed by atoms with E-state index in [0.29, 0.717) is 17.9 Å². The summed E-state index contributed by atoms with van der Waals surface area (Å²) in [5.41, 5.74) is 6.93. The summed E-state index contributed by atoms with van der Waals surface area (Å²) in [6.45, 7) is 3.71. The number of esters is 1. The maximum absolute atomic E-state index is 11.7. The normalized spacial score (nSPS) is 10.4. The van der Waals surface area contributed by atoms with Gasteiger partial charge in [-0.3, -0.25) is 20.4 Å². The van der Waals surface area contributed by atoms with Crippen LogP contribution in [0.15, 0.2) is 54.6 Å². The predicted octanol–water partition coefficient (Wildman–Crippen LogP) is 2.41. The van der Waals surface area contributed by atoms with E-state index in [2.05, 4.69) is 10.9 Å². The number of amides is 2. The van der Waals surface area contributed by atoms with Crippen molar-refractivity contribution in [3.05, 3.63) is 71.3 Å². The second kappa shape index (κ2) is 10.5. The zero-order chi connectivity index (χ0) is 20.4. The Balaban J connectivity index is 1.72. The molecule has 0 aliphatic rings. The Morgan fingerprint density at radius 1 is 0.964 bits per heavy atom. The van der Waals surface area contributed by atoms with Crippen LogP contribution in [0, 0.1) is 6.92 Å². The molecule has 0 saturated carbocycles. The number of carbonyl (C=O) groups excluding carboxylic acids is 3. The highest BCUT2D eigenvalue weighted by Gasteiger charge is 2.07. The van der Waals surface area contributed by atoms with Crippen LogP contribution in [-0.4, -0.2) is 31.0 Å². The van der Waals surface area contributed by atoms with E-state index in [1.54, 1.807) is 37.3 Å². The van der Waals surface area contributed by atoms with Crippen molar-refractivity contribution in [2.45, 2.75) is 13.8 Å². The Morgan fingerprint density at radius 2 is 1.64 bits per heavy atom. The van der Waals surface area contributed by atoms with E-state index in [4.69, 9.17) is 9.47 Å². The van der Waals surface area contributed by atoms with Crippen LogP contribution in [0.5, 0.6) is 5.75 Å². The number of ether oxygens (including phenoxy) is 2. The van der Waals surface area contributed by atoms with E-state index in [0.717, 1.165) is 11.1 Å². The fourth-order valence-corrected chi connectivity index (χ4v) is 2.11. The van der Waals surface area contributed by atoms with Crippen molar-refractivity contribution in [2.24, 2.45) is 0 Å². The number of benzene rings is 2. The number of rotatable bonds is 7. The minimum absolute atomic E-state index is 0.291. The minimum Gasteiger partial charge on any atom is -0.484 e. The van der Waals surface area contributed by atoms with Crippen molar-refractivity contribution in [1.29, 1.82) is 0 Å². The minimum atomic E-state index is -0.522. The zero-order valence-electron chi connectivity index (χ0n) is 15.7. The molecule has 0 unspecified atom stereocenters. The van der Waals surface area contributed by atoms with Crippen LogP contribution in [0.3, 0.4) is 0 Å². The molecule has 0 bridgehead atoms. The van der Waals surface area contributed by atoms with E-state index in [9.17, 15) is 14.4 Å². The molecule has 0 aromatic heterocycles. The summed E-state index contributed by atoms with van der Waals surface area (Å²) in [5, 5.41) is 0. The Morgan fingerprint density at radius 3 is 2.29 bits per heavy atom. The first-order chi connectivity index (χ1) is 13.5. The van der Waals surface area contributed by atoms with Gasteiger partial charge in [0.05, 0.1) is 12.2 Å². The highest BCUT2D eigenvalue weighted by atomic mass is 16.5. The molecule has 0 fully saturated rings. The van der Waals surface area contributed by atoms with Gasteiger partial charge in [-0.2, -0.15) is 0 Å². The van der Waals surface area contributed by atoms with Gasteiger partial charge in [0.25, 0.3) is 11.8 Å². The zero-order valence-corrected chi connectivity index (χ0v) is 15.7. The monoisotopic (exact) mass is 382 g/mol. The lowest BCUT2D eigenvalue weighted by Gasteiger charge is -2.08. The van der Waals surface area contributed by atoms with Crippen LogP contribution < -0.4 is 15.6 Å². The van der Waals surface area contributed by atoms with Gasteiger partial charge in [0.1, 0.15) is 5.75 Å². The second-order valence-electron chi connectivity index (χ2n) is 5.81. The van der Waals surface area contributed by atoms with E-state index in [1.807, 2.05) is 31.2 Å². The Bertz CT molecular complexity index is 842. The SMILES string of the molecule is CCOC(=O)c1ccc(OCC(=O)NNC(=O)C=Cc2ccc(C)cc2)cc1. The summed E-state index contributed by atoms with van der Waals surface area (Å²) in [7, 11) is 0. The molecule has 2 amide bonds. The smallest absolute Gasteiger partial charge is 0.338 e. The van der Waals surface area contributed by atoms with Crippen molar-refractivity contribution in [3.8, 4) is 5.75 Å². The third-order valence-corrected chi connectivity index (χ3v) is 3.57. The van der Waals surface area contributed by atoms with Gasteiger partial charge in [-0.15, -0.1) is 0 Å². The maximum Gasteiger partial charge on any atom is 0.338 e. The van der Waals surface area contributed by atoms with Crippen LogP contribution in [0.2, 0.25) is 0 Å². The lowest BCUT2D eigenvalue weighted by atomic mass is 10.1. The summed E-state index contributed by atoms with van der Waals surface area (Å²) in [6, 6.07) is 13.9. The molecule has 0 spiro atoms. The third kappa shape index (κ3) is 6.95. The first kappa shape index (κ1) is 20.7. The fraction of sp³-hybridized carbons (Fsp3) is 0.190. The average molecular weight is 382 g/mol. The second-order valence-corrected chi connectivity index (χ2v) is 5.81. The van der Waals surface area contributed by atoms with Crippen LogP contribution >= 0.6 is 0 Å². The van der Waals surface area contributed by atoms with Gasteiger partial charge in [0.15, 0.2) is 6.61 Å². The van der Waals surface area contributed by atoms with Crippen LogP contribution in [0.25, 0.3) is 6.08 Å². The number of hydrazine groups is 1. The van der Waals surface area contributed by atoms with Gasteiger partial charge in [0, 0.05) is 6.08 Å². The lowest BCUT2D eigenvalue weighted by molar-refractivity contribution is -0.128. The van der Waals surface area contributed by atoms with E-state index in [-0.39, 0.29) is 6.61 Å². The number of hydrogen-bond acceptors (Lipinski definition) is 5. The van der Waals surface area contributed by atoms with Gasteiger partial charge in [-0.1, -0.05) is 29.8 Å². The van der Waals surface area contributed by atoms with E-state index >= 15 is 0 Å². The number of aryl methyl sites for hydroxylation is 1. The number of nitrogens with one attached hydrogen (secondary N) is 2. The van der Waals surface area contributed by atoms with Gasteiger partial charge >= 0.3 is 5.97 Å². The molecule has 7 nitrogen and oxygen atoms in total. The molecular weight excluding hydrogens is 360 g/mol. The molecule has 146 valence electrons. The fourth-order valence-electron chi connectivity index (χ4n) is 2.11. The van der Waals surface area contributed by atoms with Crippen molar-refractivity contribution in [3.63, 3.8) is 0 Å². The molecule has 0 aliphatic carbocycles. The molecule has 0 atom stereocenters. The van der Waals surface area contributed by atoms with Crippen LogP contribution in [-0.2, 0) is 14.3 Å². The lowest BCUT2D eigenvalue weighted by Crippen LogP contribution is -2.43. The van der Waals surface area contributed by atoms with Gasteiger partial charge in [0.2, 0.25) is 0 Å². The molecule has 0 saturated heterocycles. The summed E-state index contributed by atoms with van der Waals surface area (Å²) < 4.78 is 10.2. The molecule has 7 heteroatoms. The molecular formula is C21H22N2O5. The maximum atomic E-state index is 11.7. The predicted molar refractivity (Wildman–Crippen MR) is 104 cm³/mol. The van der Waals surface area contributed by atoms with Gasteiger partial charge in [-0.05, 0) is 49.8 Å². The quantitative estimate of drug-likeness (QED) is 0.436. The van der Waals surface area contributed by atoms with Crippen molar-refractivity contribution in [2.75, 3.05) is 13.2 Å². The number of hydrogen-bond donors (Lipinski definition) is 2. The van der Waals surface area contributed by atoms with Gasteiger partial charge < -0.3 is 9.47 Å². The highest BCUT2D eigenvalue weighted by molar-refractivity contribution is 5.93. The average Bonchev–Trinajstić information content (AvgIpc) is 2.71. The molecule has 0 radical (unpaired) electrons. The van der Waals surface area contributed by atoms with Gasteiger partial charge in [-0.25, -0.2) is 4.79 Å². The summed E-state index contributed by atoms with van der Waals surface area (Å²) in [5.74, 6) is -0.999. The van der Waals surface area contributed by atoms with Crippen LogP contribution in [0.1, 0.15) is 28.4 Å². The van der Waals surface area contributed by atoms with E-state index in [1.165, 1.54) is 6.08 Å². The summed E-state index contributed by atoms with van der Waals surface area (Å²) in [6.07, 6.45) is 2.96. The molecule has 2 N–H and O–H groups in total. The first-order valence-corrected chi connectivity index (χ1v) is 8.71. The first-order valence-electron chi connectivity index (χ1n) is 8.71. The summed E-state index contributed by atoms with van der Waals surface area (Å²) >= 11 is 0. The van der Waals surface area contributed by atoms with Crippen molar-refractivity contribution < 1.29 is 23.9 Å². The standard InChI is InChI=1S/C21H22N2O5/c1-3-27-21(26)17-9-11-18(12-10-17)28-14-20(25)23-22-19(24)13-8-16-6-4-15(2)5-7-16/h4-13H,3,14H2,1-2H3,(H,22,24)(H,23,25). The Hall–Kier alpha value is -3.61.